The molecule has 0 saturated heterocycles. The van der Waals surface area contributed by atoms with Crippen molar-refractivity contribution in [2.75, 3.05) is 12.9 Å². The summed E-state index contributed by atoms with van der Waals surface area (Å²) in [7, 11) is 1.52. The van der Waals surface area contributed by atoms with E-state index < -0.39 is 12.4 Å². The van der Waals surface area contributed by atoms with Crippen molar-refractivity contribution in [1.29, 1.82) is 0 Å². The van der Waals surface area contributed by atoms with Crippen LogP contribution in [-0.2, 0) is 0 Å². The van der Waals surface area contributed by atoms with E-state index in [4.69, 9.17) is 4.74 Å². The van der Waals surface area contributed by atoms with Gasteiger partial charge in [0, 0.05) is 4.90 Å². The summed E-state index contributed by atoms with van der Waals surface area (Å²) in [5.41, 5.74) is -0.673. The largest absolute Gasteiger partial charge is 1.00 e. The van der Waals surface area contributed by atoms with Crippen molar-refractivity contribution in [3.05, 3.63) is 36.3 Å². The average Bonchev–Trinajstić information content (AvgIpc) is 2.25. The van der Waals surface area contributed by atoms with Crippen molar-refractivity contribution in [3.63, 3.8) is 0 Å². The smallest absolute Gasteiger partial charge is 0.497 e. The Hall–Kier alpha value is 0.601. The third kappa shape index (κ3) is 6.35. The molecule has 0 aromatic heterocycles. The number of benzene rings is 1. The molecule has 0 unspecified atom stereocenters. The second-order valence-corrected chi connectivity index (χ2v) is 4.25. The van der Waals surface area contributed by atoms with Gasteiger partial charge in [0.2, 0.25) is 0 Å². The summed E-state index contributed by atoms with van der Waals surface area (Å²) in [4.78, 5) is 0.737. The van der Waals surface area contributed by atoms with Gasteiger partial charge < -0.3 is 17.7 Å². The van der Waals surface area contributed by atoms with E-state index in [1.165, 1.54) is 7.11 Å². The van der Waals surface area contributed by atoms with Crippen molar-refractivity contribution in [3.8, 4) is 5.75 Å². The monoisotopic (exact) mass is 286 g/mol. The molecule has 0 radical (unpaired) electrons. The Kier molecular flexibility index (Phi) is 8.19. The Balaban J connectivity index is 0.00000256. The molecule has 1 aromatic carbocycles. The summed E-state index contributed by atoms with van der Waals surface area (Å²) in [5.74, 6) is 0.490. The Morgan fingerprint density at radius 1 is 1.41 bits per heavy atom. The van der Waals surface area contributed by atoms with E-state index >= 15 is 0 Å². The summed E-state index contributed by atoms with van der Waals surface area (Å²) >= 11 is 1.10. The molecule has 7 heteroatoms. The molecule has 0 atom stereocenters. The molecule has 0 aliphatic heterocycles. The van der Waals surface area contributed by atoms with Crippen molar-refractivity contribution in [1.82, 2.24) is 0 Å². The van der Waals surface area contributed by atoms with Gasteiger partial charge in [0.15, 0.2) is 0 Å². The summed E-state index contributed by atoms with van der Waals surface area (Å²) in [6.45, 7) is -1.90. The van der Waals surface area contributed by atoms with Gasteiger partial charge in [-0.25, -0.2) is 0 Å². The molecule has 0 amide bonds. The van der Waals surface area contributed by atoms with E-state index in [2.05, 4.69) is 6.58 Å². The van der Waals surface area contributed by atoms with Crippen LogP contribution in [0.15, 0.2) is 41.2 Å². The molecule has 0 N–H and O–H groups in total. The molecule has 1 nitrogen and oxygen atoms in total. The number of hydrogen-bond donors (Lipinski definition) is 0. The first-order chi connectivity index (χ1) is 7.43. The zero-order chi connectivity index (χ0) is 12.2. The van der Waals surface area contributed by atoms with Gasteiger partial charge in [-0.1, -0.05) is 6.07 Å². The van der Waals surface area contributed by atoms with Crippen LogP contribution in [0.2, 0.25) is 0 Å². The topological polar surface area (TPSA) is 9.23 Å². The van der Waals surface area contributed by atoms with Crippen LogP contribution in [-0.4, -0.2) is 19.8 Å². The standard InChI is InChI=1S/C10H11BF3OS.K/c1-8(11(12,13)14)7-16-10-5-3-4-9(6-10)15-2;/h3-6H,1,7H2,2H3;/q-1;+1. The van der Waals surface area contributed by atoms with Crippen molar-refractivity contribution < 1.29 is 69.1 Å². The minimum atomic E-state index is -4.93. The predicted octanol–water partition coefficient (Wildman–Crippen LogP) is 0.734. The molecule has 0 fully saturated rings. The minimum absolute atomic E-state index is 0. The average molecular weight is 286 g/mol. The van der Waals surface area contributed by atoms with E-state index in [1.54, 1.807) is 24.3 Å². The third-order valence-corrected chi connectivity index (χ3v) is 3.03. The number of thioether (sulfide) groups is 1. The van der Waals surface area contributed by atoms with Gasteiger partial charge in [0.1, 0.15) is 5.75 Å². The molecule has 0 spiro atoms. The fourth-order valence-corrected chi connectivity index (χ4v) is 1.88. The Morgan fingerprint density at radius 3 is 2.59 bits per heavy atom. The molecule has 0 heterocycles. The Morgan fingerprint density at radius 2 is 2.06 bits per heavy atom. The summed E-state index contributed by atoms with van der Waals surface area (Å²) in [6.07, 6.45) is 0. The number of ether oxygens (including phenoxy) is 1. The van der Waals surface area contributed by atoms with Crippen LogP contribution in [0.4, 0.5) is 12.9 Å². The number of rotatable bonds is 5. The second kappa shape index (κ2) is 7.91. The van der Waals surface area contributed by atoms with Crippen molar-refractivity contribution in [2.24, 2.45) is 0 Å². The molecule has 17 heavy (non-hydrogen) atoms. The number of hydrogen-bond acceptors (Lipinski definition) is 2. The number of halogens is 3. The molecule has 0 saturated carbocycles. The minimum Gasteiger partial charge on any atom is -0.497 e. The van der Waals surface area contributed by atoms with Crippen LogP contribution in [0.25, 0.3) is 0 Å². The molecule has 0 aliphatic carbocycles. The first-order valence-electron chi connectivity index (χ1n) is 4.58. The van der Waals surface area contributed by atoms with Crippen LogP contribution in [0, 0.1) is 0 Å². The van der Waals surface area contributed by atoms with Crippen molar-refractivity contribution in [2.45, 2.75) is 4.90 Å². The molecular weight excluding hydrogens is 275 g/mol. The first kappa shape index (κ1) is 17.6. The first-order valence-corrected chi connectivity index (χ1v) is 5.56. The molecule has 1 aromatic rings. The molecule has 1 rings (SSSR count). The van der Waals surface area contributed by atoms with E-state index in [-0.39, 0.29) is 57.1 Å². The fourth-order valence-electron chi connectivity index (χ4n) is 0.961. The van der Waals surface area contributed by atoms with Gasteiger partial charge in [-0.05, 0) is 24.0 Å². The van der Waals surface area contributed by atoms with Crippen LogP contribution in [0.1, 0.15) is 0 Å². The Labute approximate surface area is 146 Å². The van der Waals surface area contributed by atoms with Gasteiger partial charge in [0.25, 0.3) is 0 Å². The number of methoxy groups -OCH3 is 1. The van der Waals surface area contributed by atoms with Gasteiger partial charge >= 0.3 is 58.4 Å². The van der Waals surface area contributed by atoms with Crippen LogP contribution >= 0.6 is 11.8 Å². The molecule has 0 aliphatic rings. The summed E-state index contributed by atoms with van der Waals surface area (Å²) < 4.78 is 41.6. The summed E-state index contributed by atoms with van der Waals surface area (Å²) in [6, 6.07) is 6.92. The third-order valence-electron chi connectivity index (χ3n) is 1.93. The predicted molar refractivity (Wildman–Crippen MR) is 61.9 cm³/mol. The van der Waals surface area contributed by atoms with Gasteiger partial charge in [-0.2, -0.15) is 0 Å². The fraction of sp³-hybridized carbons (Fsp3) is 0.200. The van der Waals surface area contributed by atoms with E-state index in [0.717, 1.165) is 16.7 Å². The maximum absolute atomic E-state index is 12.2. The van der Waals surface area contributed by atoms with E-state index in [1.807, 2.05) is 0 Å². The van der Waals surface area contributed by atoms with Crippen LogP contribution in [0.3, 0.4) is 0 Å². The zero-order valence-electron chi connectivity index (χ0n) is 9.75. The van der Waals surface area contributed by atoms with Gasteiger partial charge in [-0.15, -0.1) is 23.8 Å². The Bertz CT molecular complexity index is 384. The van der Waals surface area contributed by atoms with E-state index in [9.17, 15) is 12.9 Å². The molecular formula is C10H11BF3KOS. The maximum atomic E-state index is 12.2. The van der Waals surface area contributed by atoms with Gasteiger partial charge in [0.05, 0.1) is 7.11 Å². The zero-order valence-corrected chi connectivity index (χ0v) is 13.7. The molecule has 88 valence electrons. The van der Waals surface area contributed by atoms with Crippen LogP contribution < -0.4 is 56.1 Å². The van der Waals surface area contributed by atoms with E-state index in [0.29, 0.717) is 5.75 Å². The normalized spacial score (nSPS) is 10.6. The van der Waals surface area contributed by atoms with Gasteiger partial charge in [-0.3, -0.25) is 0 Å². The maximum Gasteiger partial charge on any atom is 1.00 e. The van der Waals surface area contributed by atoms with Crippen molar-refractivity contribution >= 4 is 18.7 Å². The quantitative estimate of drug-likeness (QED) is 0.583. The second-order valence-electron chi connectivity index (χ2n) is 3.20. The molecule has 0 bridgehead atoms. The summed E-state index contributed by atoms with van der Waals surface area (Å²) in [5, 5.41) is 0. The SMILES string of the molecule is C=C(CSc1cccc(OC)c1)[B-](F)(F)F.[K+]. The van der Waals surface area contributed by atoms with Crippen LogP contribution in [0.5, 0.6) is 5.75 Å².